The van der Waals surface area contributed by atoms with Gasteiger partial charge in [-0.05, 0) is 24.1 Å². The molecule has 0 saturated heterocycles. The topological polar surface area (TPSA) is 69.7 Å². The molecule has 0 aliphatic heterocycles. The van der Waals surface area contributed by atoms with Gasteiger partial charge in [-0.15, -0.1) is 0 Å². The minimum atomic E-state index is -0.720. The summed E-state index contributed by atoms with van der Waals surface area (Å²) in [6.45, 7) is 2.11. The minimum absolute atomic E-state index is 0.0343. The highest BCUT2D eigenvalue weighted by atomic mass is 16.5. The highest BCUT2D eigenvalue weighted by molar-refractivity contribution is 5.99. The Balaban J connectivity index is 2.19. The first kappa shape index (κ1) is 20.9. The second kappa shape index (κ2) is 10.7. The molecule has 0 heterocycles. The number of esters is 2. The van der Waals surface area contributed by atoms with E-state index >= 15 is 0 Å². The average molecular weight is 378 g/mol. The lowest BCUT2D eigenvalue weighted by Gasteiger charge is -2.06. The second-order valence-electron chi connectivity index (χ2n) is 6.09. The normalized spacial score (nSPS) is 9.79. The molecule has 0 atom stereocenters. The standard InChI is InChI=1S/C23H22O5/c1-3-4-10-21(24)19-11-13-20(23(26)27-2)18(15-19)12-14-22(25)28-16-17-8-6-5-7-9-17/h5-9,11,13,15H,3-4,10,16H2,1-2H3. The van der Waals surface area contributed by atoms with Gasteiger partial charge in [0, 0.05) is 23.5 Å². The van der Waals surface area contributed by atoms with Crippen LogP contribution in [0.2, 0.25) is 0 Å². The molecule has 28 heavy (non-hydrogen) atoms. The smallest absolute Gasteiger partial charge is 0.385 e. The minimum Gasteiger partial charge on any atom is -0.465 e. The summed E-state index contributed by atoms with van der Waals surface area (Å²) in [7, 11) is 1.26. The maximum Gasteiger partial charge on any atom is 0.385 e. The first-order valence-electron chi connectivity index (χ1n) is 9.03. The fourth-order valence-electron chi connectivity index (χ4n) is 2.47. The van der Waals surface area contributed by atoms with Crippen LogP contribution in [0.1, 0.15) is 58.0 Å². The maximum absolute atomic E-state index is 12.2. The van der Waals surface area contributed by atoms with Gasteiger partial charge in [-0.25, -0.2) is 9.59 Å². The molecule has 0 aliphatic carbocycles. The van der Waals surface area contributed by atoms with Crippen LogP contribution in [0.3, 0.4) is 0 Å². The van der Waals surface area contributed by atoms with Gasteiger partial charge in [-0.3, -0.25) is 4.79 Å². The molecule has 0 N–H and O–H groups in total. The number of hydrogen-bond donors (Lipinski definition) is 0. The van der Waals surface area contributed by atoms with Crippen LogP contribution >= 0.6 is 0 Å². The van der Waals surface area contributed by atoms with Gasteiger partial charge < -0.3 is 9.47 Å². The molecule has 0 radical (unpaired) electrons. The predicted octanol–water partition coefficient (Wildman–Crippen LogP) is 3.94. The molecule has 0 amide bonds. The fourth-order valence-corrected chi connectivity index (χ4v) is 2.47. The molecule has 144 valence electrons. The molecule has 5 heteroatoms. The molecule has 0 spiro atoms. The van der Waals surface area contributed by atoms with Gasteiger partial charge in [0.15, 0.2) is 5.78 Å². The Bertz CT molecular complexity index is 904. The number of hydrogen-bond acceptors (Lipinski definition) is 5. The molecule has 0 aliphatic rings. The Kier molecular flexibility index (Phi) is 7.98. The van der Waals surface area contributed by atoms with Crippen molar-refractivity contribution >= 4 is 17.7 Å². The molecule has 0 fully saturated rings. The zero-order valence-corrected chi connectivity index (χ0v) is 16.0. The van der Waals surface area contributed by atoms with Gasteiger partial charge >= 0.3 is 11.9 Å². The quantitative estimate of drug-likeness (QED) is 0.415. The first-order valence-corrected chi connectivity index (χ1v) is 9.03. The highest BCUT2D eigenvalue weighted by Gasteiger charge is 2.14. The van der Waals surface area contributed by atoms with Crippen molar-refractivity contribution in [3.8, 4) is 11.8 Å². The number of carbonyl (C=O) groups is 3. The summed E-state index contributed by atoms with van der Waals surface area (Å²) in [6.07, 6.45) is 2.11. The lowest BCUT2D eigenvalue weighted by molar-refractivity contribution is -0.137. The van der Waals surface area contributed by atoms with Crippen molar-refractivity contribution in [2.24, 2.45) is 0 Å². The zero-order chi connectivity index (χ0) is 20.4. The largest absolute Gasteiger partial charge is 0.465 e. The van der Waals surface area contributed by atoms with Crippen LogP contribution in [0, 0.1) is 11.8 Å². The number of unbranched alkanes of at least 4 members (excludes halogenated alkanes) is 1. The molecular formula is C23H22O5. The third kappa shape index (κ3) is 6.10. The highest BCUT2D eigenvalue weighted by Crippen LogP contribution is 2.15. The van der Waals surface area contributed by atoms with E-state index in [-0.39, 0.29) is 23.5 Å². The summed E-state index contributed by atoms with van der Waals surface area (Å²) < 4.78 is 9.86. The summed E-state index contributed by atoms with van der Waals surface area (Å²) >= 11 is 0. The summed E-state index contributed by atoms with van der Waals surface area (Å²) in [4.78, 5) is 36.1. The van der Waals surface area contributed by atoms with Gasteiger partial charge in [0.1, 0.15) is 6.61 Å². The van der Waals surface area contributed by atoms with E-state index in [0.29, 0.717) is 12.0 Å². The molecule has 0 saturated carbocycles. The van der Waals surface area contributed by atoms with Gasteiger partial charge in [0.25, 0.3) is 0 Å². The van der Waals surface area contributed by atoms with E-state index in [2.05, 4.69) is 11.8 Å². The molecule has 2 rings (SSSR count). The summed E-state index contributed by atoms with van der Waals surface area (Å²) in [5.41, 5.74) is 1.74. The number of rotatable bonds is 7. The van der Waals surface area contributed by atoms with Crippen molar-refractivity contribution in [3.05, 3.63) is 70.8 Å². The van der Waals surface area contributed by atoms with Crippen LogP contribution in [0.4, 0.5) is 0 Å². The molecule has 2 aromatic carbocycles. The van der Waals surface area contributed by atoms with Crippen LogP contribution < -0.4 is 0 Å². The van der Waals surface area contributed by atoms with Crippen LogP contribution in [0.5, 0.6) is 0 Å². The number of methoxy groups -OCH3 is 1. The van der Waals surface area contributed by atoms with Crippen molar-refractivity contribution in [1.82, 2.24) is 0 Å². The van der Waals surface area contributed by atoms with Gasteiger partial charge in [0.05, 0.1) is 12.7 Å². The third-order valence-corrected chi connectivity index (χ3v) is 4.02. The van der Waals surface area contributed by atoms with E-state index in [0.717, 1.165) is 18.4 Å². The molecular weight excluding hydrogens is 356 g/mol. The van der Waals surface area contributed by atoms with Crippen molar-refractivity contribution in [2.45, 2.75) is 32.8 Å². The van der Waals surface area contributed by atoms with Crippen LogP contribution in [-0.4, -0.2) is 24.8 Å². The van der Waals surface area contributed by atoms with E-state index in [4.69, 9.17) is 9.47 Å². The maximum atomic E-state index is 12.2. The Morgan fingerprint density at radius 1 is 1.04 bits per heavy atom. The van der Waals surface area contributed by atoms with Crippen LogP contribution in [-0.2, 0) is 20.9 Å². The number of ketones is 1. The number of Topliss-reactive ketones (excluding diaryl/α,β-unsaturated/α-hetero) is 1. The van der Waals surface area contributed by atoms with Crippen LogP contribution in [0.15, 0.2) is 48.5 Å². The van der Waals surface area contributed by atoms with E-state index < -0.39 is 11.9 Å². The summed E-state index contributed by atoms with van der Waals surface area (Å²) in [5.74, 6) is 3.66. The SMILES string of the molecule is CCCCC(=O)c1ccc(C(=O)OC)c(C#CC(=O)OCc2ccccc2)c1. The molecule has 0 bridgehead atoms. The second-order valence-corrected chi connectivity index (χ2v) is 6.09. The molecule has 5 nitrogen and oxygen atoms in total. The number of carbonyl (C=O) groups excluding carboxylic acids is 3. The Hall–Kier alpha value is -3.39. The van der Waals surface area contributed by atoms with Crippen molar-refractivity contribution < 1.29 is 23.9 Å². The van der Waals surface area contributed by atoms with Crippen molar-refractivity contribution in [2.75, 3.05) is 7.11 Å². The van der Waals surface area contributed by atoms with Gasteiger partial charge in [0.2, 0.25) is 0 Å². The molecule has 0 aromatic heterocycles. The Morgan fingerprint density at radius 3 is 2.46 bits per heavy atom. The summed E-state index contributed by atoms with van der Waals surface area (Å²) in [5, 5.41) is 0. The zero-order valence-electron chi connectivity index (χ0n) is 16.0. The lowest BCUT2D eigenvalue weighted by atomic mass is 9.99. The fraction of sp³-hybridized carbons (Fsp3) is 0.261. The number of ether oxygens (including phenoxy) is 2. The molecule has 2 aromatic rings. The van der Waals surface area contributed by atoms with Crippen molar-refractivity contribution in [3.63, 3.8) is 0 Å². The third-order valence-electron chi connectivity index (χ3n) is 4.02. The van der Waals surface area contributed by atoms with Gasteiger partial charge in [-0.1, -0.05) is 55.7 Å². The Labute approximate surface area is 164 Å². The average Bonchev–Trinajstić information content (AvgIpc) is 2.74. The lowest BCUT2D eigenvalue weighted by Crippen LogP contribution is -2.07. The van der Waals surface area contributed by atoms with E-state index in [1.807, 2.05) is 37.3 Å². The van der Waals surface area contributed by atoms with Crippen molar-refractivity contribution in [1.29, 1.82) is 0 Å². The predicted molar refractivity (Wildman–Crippen MR) is 105 cm³/mol. The number of benzene rings is 2. The molecule has 0 unspecified atom stereocenters. The van der Waals surface area contributed by atoms with E-state index in [9.17, 15) is 14.4 Å². The summed E-state index contributed by atoms with van der Waals surface area (Å²) in [6, 6.07) is 13.8. The Morgan fingerprint density at radius 2 is 1.79 bits per heavy atom. The van der Waals surface area contributed by atoms with E-state index in [1.165, 1.54) is 19.2 Å². The van der Waals surface area contributed by atoms with Crippen LogP contribution in [0.25, 0.3) is 0 Å². The monoisotopic (exact) mass is 378 g/mol. The first-order chi connectivity index (χ1) is 13.5. The van der Waals surface area contributed by atoms with E-state index in [1.54, 1.807) is 6.07 Å². The van der Waals surface area contributed by atoms with Gasteiger partial charge in [-0.2, -0.15) is 0 Å².